The van der Waals surface area contributed by atoms with E-state index in [9.17, 15) is 9.59 Å². The first-order valence-corrected chi connectivity index (χ1v) is 9.69. The second-order valence-corrected chi connectivity index (χ2v) is 8.74. The fourth-order valence-electron chi connectivity index (χ4n) is 3.36. The predicted octanol–water partition coefficient (Wildman–Crippen LogP) is 1.64. The molecule has 0 unspecified atom stereocenters. The molecule has 27 heavy (non-hydrogen) atoms. The van der Waals surface area contributed by atoms with Gasteiger partial charge in [-0.05, 0) is 37.3 Å². The van der Waals surface area contributed by atoms with Gasteiger partial charge in [0.05, 0.1) is 5.69 Å². The third-order valence-corrected chi connectivity index (χ3v) is 5.23. The van der Waals surface area contributed by atoms with E-state index in [0.29, 0.717) is 18.2 Å². The lowest BCUT2D eigenvalue weighted by atomic mass is 9.86. The number of amides is 2. The average molecular weight is 374 g/mol. The number of carbonyl (C=O) groups is 2. The van der Waals surface area contributed by atoms with Crippen LogP contribution >= 0.6 is 0 Å². The molecule has 2 aliphatic rings. The quantitative estimate of drug-likeness (QED) is 0.822. The van der Waals surface area contributed by atoms with E-state index in [2.05, 4.69) is 31.2 Å². The normalized spacial score (nSPS) is 19.0. The molecule has 0 spiro atoms. The van der Waals surface area contributed by atoms with Crippen LogP contribution in [-0.4, -0.2) is 52.9 Å². The monoisotopic (exact) mass is 373 g/mol. The molecule has 3 rings (SSSR count). The molecule has 7 heteroatoms. The number of likely N-dealkylation sites (N-methyl/N-ethyl adjacent to an activating group) is 2. The molecule has 1 saturated carbocycles. The zero-order chi connectivity index (χ0) is 19.8. The zero-order valence-electron chi connectivity index (χ0n) is 17.0. The maximum atomic E-state index is 13.1. The Bertz CT molecular complexity index is 755. The van der Waals surface area contributed by atoms with Gasteiger partial charge in [-0.1, -0.05) is 26.8 Å². The molecule has 0 radical (unpaired) electrons. The fourth-order valence-corrected chi connectivity index (χ4v) is 3.36. The van der Waals surface area contributed by atoms with Crippen LogP contribution in [0.15, 0.2) is 6.08 Å². The fraction of sp³-hybridized carbons (Fsp3) is 0.650. The van der Waals surface area contributed by atoms with Crippen LogP contribution in [0.3, 0.4) is 0 Å². The lowest BCUT2D eigenvalue weighted by Crippen LogP contribution is -2.53. The number of carbonyl (C=O) groups excluding carboxylic acids is 2. The van der Waals surface area contributed by atoms with E-state index in [1.54, 1.807) is 7.05 Å². The van der Waals surface area contributed by atoms with Crippen LogP contribution in [0.5, 0.6) is 0 Å². The second-order valence-electron chi connectivity index (χ2n) is 8.74. The van der Waals surface area contributed by atoms with Gasteiger partial charge in [-0.2, -0.15) is 0 Å². The van der Waals surface area contributed by atoms with Gasteiger partial charge in [0, 0.05) is 26.7 Å². The van der Waals surface area contributed by atoms with Crippen molar-refractivity contribution in [1.29, 1.82) is 0 Å². The molecule has 2 N–H and O–H groups in total. The molecule has 1 aliphatic heterocycles. The third kappa shape index (κ3) is 4.40. The Morgan fingerprint density at radius 1 is 1.26 bits per heavy atom. The van der Waals surface area contributed by atoms with Crippen molar-refractivity contribution in [2.75, 3.05) is 20.6 Å². The zero-order valence-corrected chi connectivity index (χ0v) is 17.0. The van der Waals surface area contributed by atoms with Crippen LogP contribution in [0.1, 0.15) is 55.6 Å². The van der Waals surface area contributed by atoms with E-state index in [4.69, 9.17) is 0 Å². The van der Waals surface area contributed by atoms with E-state index in [1.165, 1.54) is 12.8 Å². The average Bonchev–Trinajstić information content (AvgIpc) is 3.36. The first-order chi connectivity index (χ1) is 12.7. The molecule has 2 heterocycles. The molecular weight excluding hydrogens is 342 g/mol. The minimum absolute atomic E-state index is 0.199. The van der Waals surface area contributed by atoms with Crippen LogP contribution in [0, 0.1) is 11.3 Å². The minimum atomic E-state index is -0.626. The Morgan fingerprint density at radius 2 is 1.96 bits per heavy atom. The van der Waals surface area contributed by atoms with E-state index in [0.717, 1.165) is 24.6 Å². The number of rotatable bonds is 5. The third-order valence-electron chi connectivity index (χ3n) is 5.23. The van der Waals surface area contributed by atoms with Crippen LogP contribution in [-0.2, 0) is 17.9 Å². The summed E-state index contributed by atoms with van der Waals surface area (Å²) in [6, 6.07) is -0.626. The van der Waals surface area contributed by atoms with Gasteiger partial charge in [0.15, 0.2) is 5.69 Å². The van der Waals surface area contributed by atoms with Crippen molar-refractivity contribution < 1.29 is 9.59 Å². The molecule has 2 amide bonds. The van der Waals surface area contributed by atoms with Crippen molar-refractivity contribution in [2.24, 2.45) is 11.3 Å². The standard InChI is InChI=1S/C20H31N5O2/c1-20(2,3)17(19(27)21-4)23-18(26)16-14-12-24(5)10-11-25(14)15(22-16)9-8-13-6-7-13/h8-9,13,17H,6-7,10-12H2,1-5H3,(H,21,27)(H,23,26)/t17-/m1/s1. The van der Waals surface area contributed by atoms with Gasteiger partial charge >= 0.3 is 0 Å². The molecule has 1 aromatic heterocycles. The van der Waals surface area contributed by atoms with Gasteiger partial charge in [-0.3, -0.25) is 14.5 Å². The van der Waals surface area contributed by atoms with Crippen LogP contribution in [0.25, 0.3) is 6.08 Å². The van der Waals surface area contributed by atoms with Crippen molar-refractivity contribution in [3.8, 4) is 0 Å². The van der Waals surface area contributed by atoms with Crippen molar-refractivity contribution in [3.63, 3.8) is 0 Å². The molecular formula is C20H31N5O2. The summed E-state index contributed by atoms with van der Waals surface area (Å²) in [4.78, 5) is 32.2. The highest BCUT2D eigenvalue weighted by molar-refractivity contribution is 5.97. The highest BCUT2D eigenvalue weighted by Gasteiger charge is 2.34. The highest BCUT2D eigenvalue weighted by atomic mass is 16.2. The summed E-state index contributed by atoms with van der Waals surface area (Å²) < 4.78 is 2.14. The Balaban J connectivity index is 1.90. The molecule has 0 saturated heterocycles. The van der Waals surface area contributed by atoms with Gasteiger partial charge in [-0.25, -0.2) is 4.98 Å². The van der Waals surface area contributed by atoms with Crippen molar-refractivity contribution in [3.05, 3.63) is 23.3 Å². The van der Waals surface area contributed by atoms with E-state index in [-0.39, 0.29) is 11.8 Å². The summed E-state index contributed by atoms with van der Waals surface area (Å²) in [6.45, 7) is 8.23. The topological polar surface area (TPSA) is 79.3 Å². The molecule has 148 valence electrons. The number of allylic oxidation sites excluding steroid dienone is 1. The van der Waals surface area contributed by atoms with E-state index < -0.39 is 11.5 Å². The van der Waals surface area contributed by atoms with Gasteiger partial charge in [0.1, 0.15) is 11.9 Å². The minimum Gasteiger partial charge on any atom is -0.357 e. The smallest absolute Gasteiger partial charge is 0.272 e. The Labute approximate surface area is 161 Å². The summed E-state index contributed by atoms with van der Waals surface area (Å²) in [5.41, 5.74) is 0.942. The maximum Gasteiger partial charge on any atom is 0.272 e. The van der Waals surface area contributed by atoms with Gasteiger partial charge < -0.3 is 15.2 Å². The molecule has 0 aromatic carbocycles. The van der Waals surface area contributed by atoms with Gasteiger partial charge in [-0.15, -0.1) is 0 Å². The lowest BCUT2D eigenvalue weighted by molar-refractivity contribution is -0.124. The number of nitrogens with zero attached hydrogens (tertiary/aromatic N) is 3. The van der Waals surface area contributed by atoms with Crippen LogP contribution < -0.4 is 10.6 Å². The molecule has 1 fully saturated rings. The summed E-state index contributed by atoms with van der Waals surface area (Å²) >= 11 is 0. The summed E-state index contributed by atoms with van der Waals surface area (Å²) in [5.74, 6) is 1.00. The first-order valence-electron chi connectivity index (χ1n) is 9.69. The molecule has 1 aliphatic carbocycles. The van der Waals surface area contributed by atoms with Crippen LogP contribution in [0.4, 0.5) is 0 Å². The van der Waals surface area contributed by atoms with E-state index in [1.807, 2.05) is 33.9 Å². The van der Waals surface area contributed by atoms with Crippen molar-refractivity contribution in [1.82, 2.24) is 25.1 Å². The Kier molecular flexibility index (Phi) is 5.42. The molecule has 1 atom stereocenters. The van der Waals surface area contributed by atoms with Crippen LogP contribution in [0.2, 0.25) is 0 Å². The molecule has 0 bridgehead atoms. The maximum absolute atomic E-state index is 13.1. The number of aromatic nitrogens is 2. The summed E-state index contributed by atoms with van der Waals surface area (Å²) in [7, 11) is 3.63. The first kappa shape index (κ1) is 19.6. The van der Waals surface area contributed by atoms with Gasteiger partial charge in [0.25, 0.3) is 5.91 Å². The number of fused-ring (bicyclic) bond motifs is 1. The van der Waals surface area contributed by atoms with Crippen molar-refractivity contribution in [2.45, 2.75) is 52.7 Å². The number of hydrogen-bond donors (Lipinski definition) is 2. The Morgan fingerprint density at radius 3 is 2.56 bits per heavy atom. The Hall–Kier alpha value is -2.15. The molecule has 1 aromatic rings. The van der Waals surface area contributed by atoms with E-state index >= 15 is 0 Å². The largest absolute Gasteiger partial charge is 0.357 e. The predicted molar refractivity (Wildman–Crippen MR) is 105 cm³/mol. The number of hydrogen-bond acceptors (Lipinski definition) is 4. The highest BCUT2D eigenvalue weighted by Crippen LogP contribution is 2.31. The molecule has 7 nitrogen and oxygen atoms in total. The van der Waals surface area contributed by atoms with Crippen molar-refractivity contribution >= 4 is 17.9 Å². The SMILES string of the molecule is CNC(=O)[C@@H](NC(=O)c1nc(C=CC2CC2)n2c1CN(C)CC2)C(C)(C)C. The van der Waals surface area contributed by atoms with Gasteiger partial charge in [0.2, 0.25) is 5.91 Å². The summed E-state index contributed by atoms with van der Waals surface area (Å²) in [6.07, 6.45) is 6.71. The number of nitrogens with one attached hydrogen (secondary N) is 2. The lowest BCUT2D eigenvalue weighted by Gasteiger charge is -2.30. The second kappa shape index (κ2) is 7.46. The summed E-state index contributed by atoms with van der Waals surface area (Å²) in [5, 5.41) is 5.55. The number of imidazole rings is 1.